The van der Waals surface area contributed by atoms with Gasteiger partial charge in [-0.2, -0.15) is 0 Å². The Labute approximate surface area is 85.4 Å². The lowest BCUT2D eigenvalue weighted by molar-refractivity contribution is -0.671. The Balaban J connectivity index is 0. The summed E-state index contributed by atoms with van der Waals surface area (Å²) in [4.78, 5) is 0. The Morgan fingerprint density at radius 1 is 1.50 bits per heavy atom. The molecule has 3 nitrogen and oxygen atoms in total. The third-order valence-electron chi connectivity index (χ3n) is 1.44. The van der Waals surface area contributed by atoms with Gasteiger partial charge in [0.1, 0.15) is 12.4 Å². The highest BCUT2D eigenvalue weighted by Gasteiger charge is 1.96. The van der Waals surface area contributed by atoms with Crippen LogP contribution < -0.4 is 22.7 Å². The van der Waals surface area contributed by atoms with E-state index in [1.165, 1.54) is 0 Å². The maximum Gasteiger partial charge on any atom is 0.243 e. The molecule has 0 spiro atoms. The second-order valence-corrected chi connectivity index (χ2v) is 2.46. The third kappa shape index (κ3) is 4.59. The van der Waals surface area contributed by atoms with Crippen LogP contribution in [0.3, 0.4) is 0 Å². The van der Waals surface area contributed by atoms with Gasteiger partial charge in [0, 0.05) is 0 Å². The van der Waals surface area contributed by atoms with Crippen LogP contribution in [-0.2, 0) is 13.6 Å². The summed E-state index contributed by atoms with van der Waals surface area (Å²) in [6, 6.07) is 0. The minimum absolute atomic E-state index is 0. The van der Waals surface area contributed by atoms with E-state index in [1.54, 1.807) is 0 Å². The number of aryl methyl sites for hydroxylation is 2. The van der Waals surface area contributed by atoms with E-state index < -0.39 is 0 Å². The van der Waals surface area contributed by atoms with Crippen LogP contribution >= 0.6 is 12.4 Å². The molecule has 1 aromatic heterocycles. The number of imidazole rings is 1. The number of hydrogen-bond acceptors (Lipinski definition) is 1. The van der Waals surface area contributed by atoms with E-state index in [0.29, 0.717) is 0 Å². The van der Waals surface area contributed by atoms with Gasteiger partial charge in [0.2, 0.25) is 6.33 Å². The number of nitrogens with two attached hydrogens (primary N) is 1. The van der Waals surface area contributed by atoms with Crippen LogP contribution in [0.5, 0.6) is 0 Å². The molecule has 0 saturated heterocycles. The molecule has 0 aliphatic heterocycles. The smallest absolute Gasteiger partial charge is 0.243 e. The molecule has 0 aliphatic carbocycles. The van der Waals surface area contributed by atoms with Gasteiger partial charge >= 0.3 is 0 Å². The van der Waals surface area contributed by atoms with Crippen LogP contribution in [0.15, 0.2) is 18.7 Å². The van der Waals surface area contributed by atoms with Crippen LogP contribution in [0.1, 0.15) is 6.42 Å². The lowest BCUT2D eigenvalue weighted by Gasteiger charge is -1.90. The lowest BCUT2D eigenvalue weighted by Crippen LogP contribution is -3.00. The number of nitrogens with zero attached hydrogens (tertiary/aromatic N) is 2. The first-order valence-electron chi connectivity index (χ1n) is 3.54. The van der Waals surface area contributed by atoms with E-state index in [0.717, 1.165) is 19.5 Å². The Morgan fingerprint density at radius 2 is 2.17 bits per heavy atom. The van der Waals surface area contributed by atoms with Crippen molar-refractivity contribution in [2.45, 2.75) is 13.0 Å². The van der Waals surface area contributed by atoms with Crippen LogP contribution in [0, 0.1) is 0 Å². The maximum atomic E-state index is 5.36. The summed E-state index contributed by atoms with van der Waals surface area (Å²) in [7, 11) is 2.01. The Kier molecular flexibility index (Phi) is 8.81. The van der Waals surface area contributed by atoms with E-state index >= 15 is 0 Å². The molecular weight excluding hydrogens is 197 g/mol. The molecule has 2 N–H and O–H groups in total. The van der Waals surface area contributed by atoms with Crippen LogP contribution in [-0.4, -0.2) is 11.1 Å². The summed E-state index contributed by atoms with van der Waals surface area (Å²) in [5, 5.41) is 0. The predicted molar refractivity (Wildman–Crippen MR) is 46.5 cm³/mol. The summed E-state index contributed by atoms with van der Waals surface area (Å²) < 4.78 is 4.16. The van der Waals surface area contributed by atoms with Crippen molar-refractivity contribution in [3.05, 3.63) is 18.7 Å². The van der Waals surface area contributed by atoms with Crippen LogP contribution in [0.2, 0.25) is 0 Å². The van der Waals surface area contributed by atoms with E-state index in [9.17, 15) is 0 Å². The minimum atomic E-state index is 0. The van der Waals surface area contributed by atoms with E-state index in [4.69, 9.17) is 5.73 Å². The first-order chi connectivity index (χ1) is 4.83. The normalized spacial score (nSPS) is 8.50. The van der Waals surface area contributed by atoms with E-state index in [1.807, 2.05) is 17.8 Å². The fourth-order valence-corrected chi connectivity index (χ4v) is 0.908. The van der Waals surface area contributed by atoms with Gasteiger partial charge in [-0.05, 0) is 13.0 Å². The topological polar surface area (TPSA) is 34.8 Å². The van der Waals surface area contributed by atoms with Crippen molar-refractivity contribution in [1.29, 1.82) is 0 Å². The molecule has 1 heterocycles. The summed E-state index contributed by atoms with van der Waals surface area (Å²) >= 11 is 0. The monoisotopic (exact) mass is 211 g/mol. The highest BCUT2D eigenvalue weighted by molar-refractivity contribution is 5.85. The van der Waals surface area contributed by atoms with Gasteiger partial charge in [-0.3, -0.25) is 0 Å². The summed E-state index contributed by atoms with van der Waals surface area (Å²) in [6.45, 7) is 1.79. The van der Waals surface area contributed by atoms with Gasteiger partial charge in [-0.15, -0.1) is 12.4 Å². The molecule has 72 valence electrons. The van der Waals surface area contributed by atoms with Crippen molar-refractivity contribution in [3.63, 3.8) is 0 Å². The molecule has 0 unspecified atom stereocenters. The molecule has 0 amide bonds. The average molecular weight is 212 g/mol. The van der Waals surface area contributed by atoms with E-state index in [2.05, 4.69) is 17.1 Å². The molecular formula is C7H15Cl2N3. The SMILES string of the molecule is C[n+]1ccn(CCCN)c1.Cl.[Cl-]. The average Bonchev–Trinajstić information content (AvgIpc) is 2.31. The van der Waals surface area contributed by atoms with Crippen molar-refractivity contribution in [2.75, 3.05) is 6.54 Å². The minimum Gasteiger partial charge on any atom is -1.00 e. The number of hydrogen-bond donors (Lipinski definition) is 1. The molecule has 5 heteroatoms. The van der Waals surface area contributed by atoms with Gasteiger partial charge in [-0.1, -0.05) is 0 Å². The predicted octanol–water partition coefficient (Wildman–Crippen LogP) is -2.91. The van der Waals surface area contributed by atoms with Crippen molar-refractivity contribution in [1.82, 2.24) is 4.57 Å². The summed E-state index contributed by atoms with van der Waals surface area (Å²) in [5.41, 5.74) is 5.36. The standard InChI is InChI=1S/C7H14N3.2ClH/c1-9-5-6-10(7-9)4-2-3-8;;/h5-7H,2-4,8H2,1H3;2*1H/q+1;;/p-1. The summed E-state index contributed by atoms with van der Waals surface area (Å²) in [5.74, 6) is 0. The van der Waals surface area contributed by atoms with Gasteiger partial charge < -0.3 is 18.1 Å². The Bertz CT molecular complexity index is 200. The van der Waals surface area contributed by atoms with Gasteiger partial charge in [0.15, 0.2) is 0 Å². The first-order valence-corrected chi connectivity index (χ1v) is 3.54. The highest BCUT2D eigenvalue weighted by Crippen LogP contribution is 1.85. The zero-order valence-electron chi connectivity index (χ0n) is 7.11. The van der Waals surface area contributed by atoms with Gasteiger partial charge in [0.05, 0.1) is 13.6 Å². The molecule has 0 bridgehead atoms. The van der Waals surface area contributed by atoms with Crippen molar-refractivity contribution < 1.29 is 17.0 Å². The zero-order chi connectivity index (χ0) is 7.40. The highest BCUT2D eigenvalue weighted by atomic mass is 35.5. The first kappa shape index (κ1) is 14.3. The number of rotatable bonds is 3. The molecule has 0 fully saturated rings. The largest absolute Gasteiger partial charge is 1.00 e. The quantitative estimate of drug-likeness (QED) is 0.535. The molecule has 0 saturated carbocycles. The van der Waals surface area contributed by atoms with Gasteiger partial charge in [0.25, 0.3) is 0 Å². The molecule has 1 rings (SSSR count). The van der Waals surface area contributed by atoms with Crippen molar-refractivity contribution in [2.24, 2.45) is 12.8 Å². The number of aromatic nitrogens is 2. The summed E-state index contributed by atoms with van der Waals surface area (Å²) in [6.07, 6.45) is 7.18. The molecule has 0 aliphatic rings. The van der Waals surface area contributed by atoms with Crippen molar-refractivity contribution >= 4 is 12.4 Å². The Hall–Kier alpha value is -0.250. The molecule has 0 atom stereocenters. The second kappa shape index (κ2) is 7.40. The fourth-order valence-electron chi connectivity index (χ4n) is 0.908. The second-order valence-electron chi connectivity index (χ2n) is 2.46. The van der Waals surface area contributed by atoms with Gasteiger partial charge in [-0.25, -0.2) is 9.13 Å². The molecule has 1 aromatic rings. The maximum absolute atomic E-state index is 5.36. The zero-order valence-corrected chi connectivity index (χ0v) is 8.68. The van der Waals surface area contributed by atoms with Crippen molar-refractivity contribution in [3.8, 4) is 0 Å². The fraction of sp³-hybridized carbons (Fsp3) is 0.571. The Morgan fingerprint density at radius 3 is 2.58 bits per heavy atom. The lowest BCUT2D eigenvalue weighted by atomic mass is 10.4. The molecule has 12 heavy (non-hydrogen) atoms. The molecule has 0 aromatic carbocycles. The van der Waals surface area contributed by atoms with E-state index in [-0.39, 0.29) is 24.8 Å². The number of halogens is 2. The molecule has 0 radical (unpaired) electrons. The van der Waals surface area contributed by atoms with Crippen LogP contribution in [0.4, 0.5) is 0 Å². The third-order valence-corrected chi connectivity index (χ3v) is 1.44. The van der Waals surface area contributed by atoms with Crippen LogP contribution in [0.25, 0.3) is 0 Å².